The molecule has 1 N–H and O–H groups in total. The van der Waals surface area contributed by atoms with Crippen LogP contribution in [0, 0.1) is 0 Å². The van der Waals surface area contributed by atoms with Gasteiger partial charge in [-0.2, -0.15) is 0 Å². The summed E-state index contributed by atoms with van der Waals surface area (Å²) < 4.78 is 6.12. The minimum atomic E-state index is -0.546. The summed E-state index contributed by atoms with van der Waals surface area (Å²) in [6.07, 6.45) is -0.546. The second-order valence-electron chi connectivity index (χ2n) is 6.82. The van der Waals surface area contributed by atoms with E-state index in [1.807, 2.05) is 47.4 Å². The SMILES string of the molecule is CNC(=O)CN1c2ccccc2C(=O)N(C)C1c1ccc(-c2ccc(Cl)cc2)o1. The third-order valence-electron chi connectivity index (χ3n) is 5.03. The van der Waals surface area contributed by atoms with Gasteiger partial charge in [0.15, 0.2) is 6.17 Å². The molecule has 3 aromatic rings. The molecular formula is C22H20ClN3O3. The van der Waals surface area contributed by atoms with Crippen LogP contribution in [-0.2, 0) is 4.79 Å². The highest BCUT2D eigenvalue weighted by atomic mass is 35.5. The molecule has 148 valence electrons. The molecular weight excluding hydrogens is 390 g/mol. The fourth-order valence-electron chi connectivity index (χ4n) is 3.56. The van der Waals surface area contributed by atoms with E-state index in [0.717, 1.165) is 5.56 Å². The number of halogens is 1. The van der Waals surface area contributed by atoms with Gasteiger partial charge in [0.05, 0.1) is 17.8 Å². The van der Waals surface area contributed by atoms with Crippen molar-refractivity contribution < 1.29 is 14.0 Å². The molecule has 4 rings (SSSR count). The molecule has 2 amide bonds. The van der Waals surface area contributed by atoms with Crippen molar-refractivity contribution in [1.82, 2.24) is 10.2 Å². The summed E-state index contributed by atoms with van der Waals surface area (Å²) in [5.74, 6) is 0.959. The molecule has 1 atom stereocenters. The van der Waals surface area contributed by atoms with Crippen LogP contribution in [0.1, 0.15) is 22.3 Å². The number of carbonyl (C=O) groups excluding carboxylic acids is 2. The topological polar surface area (TPSA) is 65.8 Å². The van der Waals surface area contributed by atoms with Gasteiger partial charge in [-0.15, -0.1) is 0 Å². The van der Waals surface area contributed by atoms with Crippen LogP contribution >= 0.6 is 11.6 Å². The van der Waals surface area contributed by atoms with Crippen molar-refractivity contribution >= 4 is 29.1 Å². The molecule has 0 aliphatic carbocycles. The molecule has 29 heavy (non-hydrogen) atoms. The number of anilines is 1. The number of furan rings is 1. The van der Waals surface area contributed by atoms with Crippen molar-refractivity contribution in [3.8, 4) is 11.3 Å². The van der Waals surface area contributed by atoms with Crippen LogP contribution in [0.3, 0.4) is 0 Å². The van der Waals surface area contributed by atoms with Crippen LogP contribution < -0.4 is 10.2 Å². The molecule has 0 spiro atoms. The van der Waals surface area contributed by atoms with Crippen LogP contribution in [0.15, 0.2) is 65.1 Å². The Balaban J connectivity index is 1.77. The van der Waals surface area contributed by atoms with Gasteiger partial charge in [-0.25, -0.2) is 0 Å². The van der Waals surface area contributed by atoms with Gasteiger partial charge in [0.1, 0.15) is 11.5 Å². The number of rotatable bonds is 4. The van der Waals surface area contributed by atoms with E-state index in [1.165, 1.54) is 0 Å². The highest BCUT2D eigenvalue weighted by molar-refractivity contribution is 6.30. The first-order chi connectivity index (χ1) is 14.0. The Morgan fingerprint density at radius 1 is 1.10 bits per heavy atom. The summed E-state index contributed by atoms with van der Waals surface area (Å²) in [5.41, 5.74) is 2.14. The fourth-order valence-corrected chi connectivity index (χ4v) is 3.68. The molecule has 2 heterocycles. The lowest BCUT2D eigenvalue weighted by Crippen LogP contribution is -2.50. The number of likely N-dealkylation sites (N-methyl/N-ethyl adjacent to an activating group) is 1. The van der Waals surface area contributed by atoms with Crippen LogP contribution in [0.2, 0.25) is 5.02 Å². The third-order valence-corrected chi connectivity index (χ3v) is 5.28. The molecule has 6 nitrogen and oxygen atoms in total. The van der Waals surface area contributed by atoms with Crippen molar-refractivity contribution in [3.05, 3.63) is 77.0 Å². The zero-order valence-electron chi connectivity index (χ0n) is 16.1. The quantitative estimate of drug-likeness (QED) is 0.708. The molecule has 7 heteroatoms. The van der Waals surface area contributed by atoms with Crippen molar-refractivity contribution in [2.24, 2.45) is 0 Å². The first kappa shape index (κ1) is 19.1. The summed E-state index contributed by atoms with van der Waals surface area (Å²) in [6.45, 7) is 0.0901. The summed E-state index contributed by atoms with van der Waals surface area (Å²) in [6, 6.07) is 18.3. The Morgan fingerprint density at radius 3 is 2.55 bits per heavy atom. The molecule has 0 saturated heterocycles. The molecule has 0 fully saturated rings. The van der Waals surface area contributed by atoms with E-state index < -0.39 is 6.17 Å². The van der Waals surface area contributed by atoms with E-state index in [-0.39, 0.29) is 18.4 Å². The average Bonchev–Trinajstić information content (AvgIpc) is 3.22. The summed E-state index contributed by atoms with van der Waals surface area (Å²) in [4.78, 5) is 28.6. The summed E-state index contributed by atoms with van der Waals surface area (Å²) in [7, 11) is 3.30. The first-order valence-electron chi connectivity index (χ1n) is 9.18. The van der Waals surface area contributed by atoms with Crippen molar-refractivity contribution in [1.29, 1.82) is 0 Å². The lowest BCUT2D eigenvalue weighted by molar-refractivity contribution is -0.119. The van der Waals surface area contributed by atoms with E-state index in [1.54, 1.807) is 37.2 Å². The molecule has 2 aromatic carbocycles. The Kier molecular flexibility index (Phi) is 5.03. The van der Waals surface area contributed by atoms with E-state index >= 15 is 0 Å². The van der Waals surface area contributed by atoms with Gasteiger partial charge in [-0.05, 0) is 48.5 Å². The standard InChI is InChI=1S/C22H20ClN3O3/c1-24-20(27)13-26-17-6-4-3-5-16(17)22(28)25(2)21(26)19-12-11-18(29-19)14-7-9-15(23)10-8-14/h3-12,21H,13H2,1-2H3,(H,24,27). The number of amides is 2. The number of hydrogen-bond donors (Lipinski definition) is 1. The van der Waals surface area contributed by atoms with Crippen LogP contribution in [0.5, 0.6) is 0 Å². The maximum Gasteiger partial charge on any atom is 0.257 e. The van der Waals surface area contributed by atoms with Crippen LogP contribution in [-0.4, -0.2) is 37.4 Å². The third kappa shape index (κ3) is 3.47. The minimum Gasteiger partial charge on any atom is -0.457 e. The predicted molar refractivity (Wildman–Crippen MR) is 112 cm³/mol. The fraction of sp³-hybridized carbons (Fsp3) is 0.182. The van der Waals surface area contributed by atoms with Crippen molar-refractivity contribution in [2.45, 2.75) is 6.17 Å². The molecule has 0 bridgehead atoms. The first-order valence-corrected chi connectivity index (χ1v) is 9.56. The van der Waals surface area contributed by atoms with Crippen molar-refractivity contribution in [2.75, 3.05) is 25.5 Å². The Labute approximate surface area is 173 Å². The highest BCUT2D eigenvalue weighted by Gasteiger charge is 2.38. The zero-order chi connectivity index (χ0) is 20.5. The highest BCUT2D eigenvalue weighted by Crippen LogP contribution is 2.39. The van der Waals surface area contributed by atoms with Gasteiger partial charge in [0.2, 0.25) is 5.91 Å². The lowest BCUT2D eigenvalue weighted by Gasteiger charge is -2.42. The summed E-state index contributed by atoms with van der Waals surface area (Å²) in [5, 5.41) is 3.30. The van der Waals surface area contributed by atoms with Crippen LogP contribution in [0.4, 0.5) is 5.69 Å². The van der Waals surface area contributed by atoms with Gasteiger partial charge >= 0.3 is 0 Å². The molecule has 1 aromatic heterocycles. The van der Waals surface area contributed by atoms with Gasteiger partial charge < -0.3 is 19.5 Å². The largest absolute Gasteiger partial charge is 0.457 e. The predicted octanol–water partition coefficient (Wildman–Crippen LogP) is 3.94. The molecule has 0 radical (unpaired) electrons. The number of nitrogens with one attached hydrogen (secondary N) is 1. The number of fused-ring (bicyclic) bond motifs is 1. The molecule has 1 unspecified atom stereocenters. The normalized spacial score (nSPS) is 16.0. The van der Waals surface area contributed by atoms with Gasteiger partial charge in [0, 0.05) is 24.7 Å². The zero-order valence-corrected chi connectivity index (χ0v) is 16.8. The van der Waals surface area contributed by atoms with Crippen molar-refractivity contribution in [3.63, 3.8) is 0 Å². The monoisotopic (exact) mass is 409 g/mol. The maximum absolute atomic E-state index is 13.0. The lowest BCUT2D eigenvalue weighted by atomic mass is 10.0. The molecule has 1 aliphatic rings. The van der Waals surface area contributed by atoms with E-state index in [0.29, 0.717) is 27.8 Å². The number of hydrogen-bond acceptors (Lipinski definition) is 4. The van der Waals surface area contributed by atoms with Gasteiger partial charge in [-0.3, -0.25) is 9.59 Å². The average molecular weight is 410 g/mol. The van der Waals surface area contributed by atoms with E-state index in [2.05, 4.69) is 5.32 Å². The Morgan fingerprint density at radius 2 is 1.83 bits per heavy atom. The van der Waals surface area contributed by atoms with E-state index in [9.17, 15) is 9.59 Å². The Hall–Kier alpha value is -3.25. The second-order valence-corrected chi connectivity index (χ2v) is 7.25. The Bertz CT molecular complexity index is 1060. The second kappa shape index (κ2) is 7.64. The molecule has 0 saturated carbocycles. The number of nitrogens with zero attached hydrogens (tertiary/aromatic N) is 2. The summed E-state index contributed by atoms with van der Waals surface area (Å²) >= 11 is 5.97. The van der Waals surface area contributed by atoms with E-state index in [4.69, 9.17) is 16.0 Å². The number of para-hydroxylation sites is 1. The van der Waals surface area contributed by atoms with Gasteiger partial charge in [0.25, 0.3) is 5.91 Å². The smallest absolute Gasteiger partial charge is 0.257 e. The number of carbonyl (C=O) groups is 2. The minimum absolute atomic E-state index is 0.0901. The van der Waals surface area contributed by atoms with Crippen LogP contribution in [0.25, 0.3) is 11.3 Å². The maximum atomic E-state index is 13.0. The molecule has 1 aliphatic heterocycles. The number of benzene rings is 2. The van der Waals surface area contributed by atoms with Gasteiger partial charge in [-0.1, -0.05) is 23.7 Å².